The van der Waals surface area contributed by atoms with Crippen LogP contribution in [0.25, 0.3) is 0 Å². The van der Waals surface area contributed by atoms with Crippen LogP contribution in [0, 0.1) is 0 Å². The molecule has 0 amide bonds. The SMILES string of the molecule is CC1(C)OCC(C2O[C@@H]3OC(C)(C)O[C@@H]3C2(O)O)O1. The Hall–Kier alpha value is -0.280. The van der Waals surface area contributed by atoms with E-state index < -0.39 is 42.0 Å². The summed E-state index contributed by atoms with van der Waals surface area (Å²) in [5.41, 5.74) is 0. The summed E-state index contributed by atoms with van der Waals surface area (Å²) in [5.74, 6) is -3.83. The number of fused-ring (bicyclic) bond motifs is 1. The minimum atomic E-state index is -2.17. The minimum Gasteiger partial charge on any atom is -0.361 e. The van der Waals surface area contributed by atoms with Crippen LogP contribution in [0.15, 0.2) is 0 Å². The van der Waals surface area contributed by atoms with E-state index in [4.69, 9.17) is 23.7 Å². The van der Waals surface area contributed by atoms with Gasteiger partial charge in [-0.1, -0.05) is 0 Å². The molecule has 3 aliphatic rings. The minimum absolute atomic E-state index is 0.226. The van der Waals surface area contributed by atoms with Gasteiger partial charge in [0.25, 0.3) is 0 Å². The topological polar surface area (TPSA) is 86.6 Å². The number of hydrogen-bond donors (Lipinski definition) is 2. The van der Waals surface area contributed by atoms with Crippen LogP contribution in [0.2, 0.25) is 0 Å². The average molecular weight is 276 g/mol. The van der Waals surface area contributed by atoms with Crippen molar-refractivity contribution < 1.29 is 33.9 Å². The van der Waals surface area contributed by atoms with Crippen LogP contribution in [-0.4, -0.2) is 58.8 Å². The van der Waals surface area contributed by atoms with Gasteiger partial charge >= 0.3 is 0 Å². The molecule has 3 rings (SSSR count). The summed E-state index contributed by atoms with van der Waals surface area (Å²) in [5, 5.41) is 20.6. The second-order valence-corrected chi connectivity index (χ2v) is 6.13. The van der Waals surface area contributed by atoms with Gasteiger partial charge in [0.05, 0.1) is 6.61 Å². The summed E-state index contributed by atoms with van der Waals surface area (Å²) in [4.78, 5) is 0. The standard InChI is InChI=1S/C12H20O7/c1-10(2)15-5-6(17-10)7-12(13,14)8-9(16-7)19-11(3,4)18-8/h6-9,13-14H,5H2,1-4H3/t6?,7?,8-,9+/m0/s1. The number of hydrogen-bond acceptors (Lipinski definition) is 7. The Morgan fingerprint density at radius 2 is 1.58 bits per heavy atom. The van der Waals surface area contributed by atoms with Crippen LogP contribution in [0.4, 0.5) is 0 Å². The van der Waals surface area contributed by atoms with Crippen molar-refractivity contribution in [2.24, 2.45) is 0 Å². The lowest BCUT2D eigenvalue weighted by atomic mass is 10.0. The average Bonchev–Trinajstić information content (AvgIpc) is 2.80. The van der Waals surface area contributed by atoms with E-state index in [9.17, 15) is 10.2 Å². The van der Waals surface area contributed by atoms with E-state index in [0.717, 1.165) is 0 Å². The van der Waals surface area contributed by atoms with Gasteiger partial charge in [-0.25, -0.2) is 0 Å². The molecule has 110 valence electrons. The van der Waals surface area contributed by atoms with Crippen LogP contribution in [0.1, 0.15) is 27.7 Å². The lowest BCUT2D eigenvalue weighted by Crippen LogP contribution is -2.54. The van der Waals surface area contributed by atoms with Crippen molar-refractivity contribution in [1.29, 1.82) is 0 Å². The zero-order valence-corrected chi connectivity index (χ0v) is 11.5. The van der Waals surface area contributed by atoms with Crippen molar-refractivity contribution in [3.8, 4) is 0 Å². The molecule has 0 aromatic rings. The number of ether oxygens (including phenoxy) is 5. The summed E-state index contributed by atoms with van der Waals surface area (Å²) in [7, 11) is 0. The Balaban J connectivity index is 1.77. The maximum atomic E-state index is 10.3. The maximum Gasteiger partial charge on any atom is 0.225 e. The van der Waals surface area contributed by atoms with Crippen LogP contribution in [0.3, 0.4) is 0 Å². The van der Waals surface area contributed by atoms with Gasteiger partial charge in [-0.05, 0) is 27.7 Å². The van der Waals surface area contributed by atoms with Crippen LogP contribution in [-0.2, 0) is 23.7 Å². The molecule has 4 atom stereocenters. The fourth-order valence-electron chi connectivity index (χ4n) is 2.75. The summed E-state index contributed by atoms with van der Waals surface area (Å²) in [6.07, 6.45) is -3.33. The van der Waals surface area contributed by atoms with Crippen molar-refractivity contribution in [2.45, 2.75) is 69.7 Å². The van der Waals surface area contributed by atoms with Crippen molar-refractivity contribution in [2.75, 3.05) is 6.61 Å². The number of rotatable bonds is 1. The van der Waals surface area contributed by atoms with Gasteiger partial charge in [0.15, 0.2) is 24.0 Å². The molecule has 0 saturated carbocycles. The molecule has 3 saturated heterocycles. The maximum absolute atomic E-state index is 10.3. The molecule has 0 aromatic heterocycles. The van der Waals surface area contributed by atoms with Gasteiger partial charge in [0, 0.05) is 0 Å². The fraction of sp³-hybridized carbons (Fsp3) is 1.00. The van der Waals surface area contributed by atoms with E-state index in [1.807, 2.05) is 0 Å². The number of aliphatic hydroxyl groups is 2. The molecular weight excluding hydrogens is 256 g/mol. The highest BCUT2D eigenvalue weighted by Crippen LogP contribution is 2.44. The van der Waals surface area contributed by atoms with Crippen molar-refractivity contribution in [1.82, 2.24) is 0 Å². The lowest BCUT2D eigenvalue weighted by Gasteiger charge is -2.31. The second-order valence-electron chi connectivity index (χ2n) is 6.13. The summed E-state index contributed by atoms with van der Waals surface area (Å²) in [6, 6.07) is 0. The van der Waals surface area contributed by atoms with E-state index in [1.54, 1.807) is 27.7 Å². The third-order valence-corrected chi connectivity index (χ3v) is 3.54. The molecule has 19 heavy (non-hydrogen) atoms. The summed E-state index contributed by atoms with van der Waals surface area (Å²) in [6.45, 7) is 7.13. The first-order valence-electron chi connectivity index (χ1n) is 6.38. The van der Waals surface area contributed by atoms with E-state index in [1.165, 1.54) is 0 Å². The molecular formula is C12H20O7. The van der Waals surface area contributed by atoms with Gasteiger partial charge < -0.3 is 33.9 Å². The van der Waals surface area contributed by atoms with Crippen LogP contribution >= 0.6 is 0 Å². The monoisotopic (exact) mass is 276 g/mol. The molecule has 7 nitrogen and oxygen atoms in total. The molecule has 0 aliphatic carbocycles. The van der Waals surface area contributed by atoms with Gasteiger partial charge in [-0.2, -0.15) is 0 Å². The Morgan fingerprint density at radius 1 is 0.895 bits per heavy atom. The molecule has 0 aromatic carbocycles. The zero-order valence-electron chi connectivity index (χ0n) is 11.5. The third-order valence-electron chi connectivity index (χ3n) is 3.54. The highest BCUT2D eigenvalue weighted by molar-refractivity contribution is 5.02. The molecule has 0 spiro atoms. The van der Waals surface area contributed by atoms with E-state index in [0.29, 0.717) is 0 Å². The lowest BCUT2D eigenvalue weighted by molar-refractivity contribution is -0.297. The van der Waals surface area contributed by atoms with Crippen LogP contribution in [0.5, 0.6) is 0 Å². The van der Waals surface area contributed by atoms with Gasteiger partial charge in [-0.15, -0.1) is 0 Å². The van der Waals surface area contributed by atoms with E-state index >= 15 is 0 Å². The second kappa shape index (κ2) is 3.88. The zero-order chi connectivity index (χ0) is 14.1. The molecule has 2 unspecified atom stereocenters. The smallest absolute Gasteiger partial charge is 0.225 e. The molecule has 3 heterocycles. The Kier molecular flexibility index (Phi) is 2.80. The summed E-state index contributed by atoms with van der Waals surface area (Å²) >= 11 is 0. The van der Waals surface area contributed by atoms with E-state index in [-0.39, 0.29) is 6.61 Å². The first-order valence-corrected chi connectivity index (χ1v) is 6.38. The highest BCUT2D eigenvalue weighted by atomic mass is 16.9. The van der Waals surface area contributed by atoms with Crippen molar-refractivity contribution in [3.63, 3.8) is 0 Å². The molecule has 7 heteroatoms. The molecule has 3 fully saturated rings. The fourth-order valence-corrected chi connectivity index (χ4v) is 2.75. The first kappa shape index (κ1) is 13.7. The Bertz CT molecular complexity index is 378. The quantitative estimate of drug-likeness (QED) is 0.635. The normalized spacial score (nSPS) is 46.4. The summed E-state index contributed by atoms with van der Waals surface area (Å²) < 4.78 is 27.6. The molecule has 3 aliphatic heterocycles. The van der Waals surface area contributed by atoms with Gasteiger partial charge in [-0.3, -0.25) is 0 Å². The Morgan fingerprint density at radius 3 is 2.11 bits per heavy atom. The highest BCUT2D eigenvalue weighted by Gasteiger charge is 2.65. The van der Waals surface area contributed by atoms with Crippen molar-refractivity contribution in [3.05, 3.63) is 0 Å². The first-order chi connectivity index (χ1) is 8.61. The largest absolute Gasteiger partial charge is 0.361 e. The molecule has 2 N–H and O–H groups in total. The van der Waals surface area contributed by atoms with Crippen molar-refractivity contribution >= 4 is 0 Å². The molecule has 0 radical (unpaired) electrons. The van der Waals surface area contributed by atoms with Crippen LogP contribution < -0.4 is 0 Å². The van der Waals surface area contributed by atoms with E-state index in [2.05, 4.69) is 0 Å². The predicted molar refractivity (Wildman–Crippen MR) is 60.8 cm³/mol. The third kappa shape index (κ3) is 2.19. The molecule has 0 bridgehead atoms. The predicted octanol–water partition coefficient (Wildman–Crippen LogP) is -0.305. The van der Waals surface area contributed by atoms with Gasteiger partial charge in [0.2, 0.25) is 5.79 Å². The van der Waals surface area contributed by atoms with Gasteiger partial charge in [0.1, 0.15) is 12.2 Å². The Labute approximate surface area is 111 Å².